The van der Waals surface area contributed by atoms with Crippen molar-refractivity contribution in [1.82, 2.24) is 4.90 Å². The lowest BCUT2D eigenvalue weighted by Gasteiger charge is -2.03. The monoisotopic (exact) mass is 175 g/mol. The molecule has 0 saturated carbocycles. The molecule has 3 rings (SSSR count). The van der Waals surface area contributed by atoms with E-state index in [1.807, 2.05) is 0 Å². The molecule has 2 aromatic rings. The molecule has 2 amide bonds. The standard InChI is InChI=1S/C9H5NO3/c1-10-8(11)6-4-2-3-5(13-4)7(6)9(10)12/h2-3H,1H3. The van der Waals surface area contributed by atoms with Gasteiger partial charge >= 0.3 is 0 Å². The first kappa shape index (κ1) is 6.65. The van der Waals surface area contributed by atoms with E-state index < -0.39 is 0 Å². The molecule has 13 heavy (non-hydrogen) atoms. The lowest BCUT2D eigenvalue weighted by Crippen LogP contribution is -2.24. The SMILES string of the molecule is CN1C(=O)c2c(c3ccc2o3)C1=O. The predicted molar refractivity (Wildman–Crippen MR) is 43.8 cm³/mol. The van der Waals surface area contributed by atoms with Gasteiger partial charge in [0.25, 0.3) is 11.8 Å². The molecule has 0 saturated heterocycles. The Morgan fingerprint density at radius 2 is 1.54 bits per heavy atom. The van der Waals surface area contributed by atoms with Crippen LogP contribution in [-0.2, 0) is 0 Å². The molecule has 0 aromatic carbocycles. The van der Waals surface area contributed by atoms with Crippen LogP contribution < -0.4 is 0 Å². The van der Waals surface area contributed by atoms with Crippen molar-refractivity contribution in [2.24, 2.45) is 0 Å². The summed E-state index contributed by atoms with van der Waals surface area (Å²) in [5, 5.41) is 0. The highest BCUT2D eigenvalue weighted by atomic mass is 16.3. The largest absolute Gasteiger partial charge is 0.456 e. The predicted octanol–water partition coefficient (Wildman–Crippen LogP) is 1.10. The summed E-state index contributed by atoms with van der Waals surface area (Å²) in [6, 6.07) is 3.41. The molecule has 4 nitrogen and oxygen atoms in total. The number of carbonyl (C=O) groups is 2. The Hall–Kier alpha value is -1.84. The Bertz CT molecular complexity index is 481. The van der Waals surface area contributed by atoms with Gasteiger partial charge in [-0.25, -0.2) is 0 Å². The van der Waals surface area contributed by atoms with Crippen molar-refractivity contribution in [2.45, 2.75) is 0 Å². The molecule has 0 fully saturated rings. The molecule has 0 N–H and O–H groups in total. The number of hydrogen-bond donors (Lipinski definition) is 0. The number of nitrogens with zero attached hydrogens (tertiary/aromatic N) is 1. The van der Waals surface area contributed by atoms with Gasteiger partial charge in [0.15, 0.2) is 0 Å². The van der Waals surface area contributed by atoms with E-state index in [9.17, 15) is 9.59 Å². The number of fused-ring (bicyclic) bond motifs is 5. The van der Waals surface area contributed by atoms with E-state index in [-0.39, 0.29) is 11.8 Å². The number of carbonyl (C=O) groups excluding carboxylic acids is 2. The molecule has 2 aromatic heterocycles. The number of rotatable bonds is 0. The topological polar surface area (TPSA) is 50.5 Å². The third kappa shape index (κ3) is 0.547. The van der Waals surface area contributed by atoms with E-state index in [1.165, 1.54) is 7.05 Å². The van der Waals surface area contributed by atoms with Crippen molar-refractivity contribution in [3.8, 4) is 0 Å². The average Bonchev–Trinajstić information content (AvgIpc) is 2.76. The molecular weight excluding hydrogens is 170 g/mol. The number of hydrogen-bond acceptors (Lipinski definition) is 3. The Labute approximate surface area is 73.1 Å². The van der Waals surface area contributed by atoms with Gasteiger partial charge in [0.2, 0.25) is 0 Å². The quantitative estimate of drug-likeness (QED) is 0.563. The number of furan rings is 2. The molecule has 2 bridgehead atoms. The first-order valence-corrected chi connectivity index (χ1v) is 3.87. The van der Waals surface area contributed by atoms with Crippen LogP contribution in [0.1, 0.15) is 20.7 Å². The lowest BCUT2D eigenvalue weighted by atomic mass is 10.1. The van der Waals surface area contributed by atoms with E-state index in [1.54, 1.807) is 12.1 Å². The fourth-order valence-electron chi connectivity index (χ4n) is 1.71. The molecule has 0 aliphatic carbocycles. The first-order chi connectivity index (χ1) is 6.20. The Kier molecular flexibility index (Phi) is 0.888. The zero-order chi connectivity index (χ0) is 9.16. The second-order valence-electron chi connectivity index (χ2n) is 3.08. The second-order valence-corrected chi connectivity index (χ2v) is 3.08. The summed E-state index contributed by atoms with van der Waals surface area (Å²) in [6.07, 6.45) is 0. The van der Waals surface area contributed by atoms with Crippen LogP contribution >= 0.6 is 0 Å². The molecule has 3 heterocycles. The highest BCUT2D eigenvalue weighted by Gasteiger charge is 2.39. The second kappa shape index (κ2) is 1.74. The van der Waals surface area contributed by atoms with Crippen LogP contribution in [0.3, 0.4) is 0 Å². The van der Waals surface area contributed by atoms with Gasteiger partial charge < -0.3 is 4.42 Å². The van der Waals surface area contributed by atoms with Crippen LogP contribution in [0, 0.1) is 0 Å². The van der Waals surface area contributed by atoms with Gasteiger partial charge in [0.05, 0.1) is 11.1 Å². The van der Waals surface area contributed by atoms with E-state index in [0.29, 0.717) is 22.3 Å². The van der Waals surface area contributed by atoms with Crippen LogP contribution in [0.4, 0.5) is 0 Å². The average molecular weight is 175 g/mol. The van der Waals surface area contributed by atoms with E-state index in [2.05, 4.69) is 0 Å². The van der Waals surface area contributed by atoms with Crippen molar-refractivity contribution < 1.29 is 14.0 Å². The summed E-state index contributed by atoms with van der Waals surface area (Å²) < 4.78 is 5.21. The van der Waals surface area contributed by atoms with Crippen LogP contribution in [-0.4, -0.2) is 23.8 Å². The fraction of sp³-hybridized carbons (Fsp3) is 0.111. The maximum atomic E-state index is 11.5. The molecule has 0 spiro atoms. The molecule has 64 valence electrons. The molecule has 0 atom stereocenters. The van der Waals surface area contributed by atoms with Crippen LogP contribution in [0.15, 0.2) is 16.5 Å². The minimum absolute atomic E-state index is 0.269. The number of imide groups is 1. The Balaban J connectivity index is 2.47. The summed E-state index contributed by atoms with van der Waals surface area (Å²) >= 11 is 0. The smallest absolute Gasteiger partial charge is 0.265 e. The van der Waals surface area contributed by atoms with Crippen LogP contribution in [0.5, 0.6) is 0 Å². The van der Waals surface area contributed by atoms with Crippen molar-refractivity contribution >= 4 is 23.0 Å². The third-order valence-corrected chi connectivity index (χ3v) is 2.39. The van der Waals surface area contributed by atoms with Crippen LogP contribution in [0.25, 0.3) is 11.2 Å². The maximum absolute atomic E-state index is 11.5. The van der Waals surface area contributed by atoms with Gasteiger partial charge in [-0.2, -0.15) is 0 Å². The van der Waals surface area contributed by atoms with Crippen molar-refractivity contribution in [1.29, 1.82) is 0 Å². The van der Waals surface area contributed by atoms with Crippen molar-refractivity contribution in [2.75, 3.05) is 7.05 Å². The van der Waals surface area contributed by atoms with Gasteiger partial charge in [0, 0.05) is 7.05 Å². The Morgan fingerprint density at radius 1 is 1.08 bits per heavy atom. The van der Waals surface area contributed by atoms with Gasteiger partial charge in [-0.15, -0.1) is 0 Å². The van der Waals surface area contributed by atoms with Gasteiger partial charge in [0.1, 0.15) is 11.2 Å². The van der Waals surface area contributed by atoms with Gasteiger partial charge in [-0.3, -0.25) is 14.5 Å². The molecule has 0 unspecified atom stereocenters. The minimum Gasteiger partial charge on any atom is -0.456 e. The zero-order valence-corrected chi connectivity index (χ0v) is 6.83. The first-order valence-electron chi connectivity index (χ1n) is 3.87. The molecule has 4 heteroatoms. The van der Waals surface area contributed by atoms with Crippen molar-refractivity contribution in [3.05, 3.63) is 23.3 Å². The Morgan fingerprint density at radius 3 is 2.00 bits per heavy atom. The molecule has 1 aliphatic heterocycles. The molecule has 0 radical (unpaired) electrons. The number of amides is 2. The molecule has 1 aliphatic rings. The summed E-state index contributed by atoms with van der Waals surface area (Å²) in [5.74, 6) is -0.538. The third-order valence-electron chi connectivity index (χ3n) is 2.39. The van der Waals surface area contributed by atoms with Gasteiger partial charge in [-0.05, 0) is 12.1 Å². The zero-order valence-electron chi connectivity index (χ0n) is 6.83. The highest BCUT2D eigenvalue weighted by Crippen LogP contribution is 2.34. The molecular formula is C9H5NO3. The highest BCUT2D eigenvalue weighted by molar-refractivity contribution is 6.27. The van der Waals surface area contributed by atoms with Gasteiger partial charge in [-0.1, -0.05) is 0 Å². The summed E-state index contributed by atoms with van der Waals surface area (Å²) in [5.41, 5.74) is 1.86. The maximum Gasteiger partial charge on any atom is 0.265 e. The van der Waals surface area contributed by atoms with Crippen LogP contribution in [0.2, 0.25) is 0 Å². The fourth-order valence-corrected chi connectivity index (χ4v) is 1.71. The van der Waals surface area contributed by atoms with Crippen molar-refractivity contribution in [3.63, 3.8) is 0 Å². The minimum atomic E-state index is -0.269. The summed E-state index contributed by atoms with van der Waals surface area (Å²) in [4.78, 5) is 24.1. The number of benzene rings is 1. The summed E-state index contributed by atoms with van der Waals surface area (Å²) in [7, 11) is 1.48. The summed E-state index contributed by atoms with van der Waals surface area (Å²) in [6.45, 7) is 0. The van der Waals surface area contributed by atoms with E-state index in [4.69, 9.17) is 4.42 Å². The normalized spacial score (nSPS) is 16.2. The van der Waals surface area contributed by atoms with E-state index >= 15 is 0 Å². The van der Waals surface area contributed by atoms with E-state index in [0.717, 1.165) is 4.90 Å². The lowest BCUT2D eigenvalue weighted by molar-refractivity contribution is 0.0693.